The topological polar surface area (TPSA) is 72.7 Å². The van der Waals surface area contributed by atoms with Crippen molar-refractivity contribution in [3.05, 3.63) is 16.4 Å². The molecule has 106 valence electrons. The number of carbonyl (C=O) groups is 2. The first-order valence-corrected chi connectivity index (χ1v) is 6.80. The third kappa shape index (κ3) is 6.19. The van der Waals surface area contributed by atoms with E-state index in [1.165, 1.54) is 11.3 Å². The Morgan fingerprint density at radius 3 is 2.68 bits per heavy atom. The SMILES string of the molecule is Cn1ccsc1=NC(=O)CCNC(=O)OC(C)(C)C. The second-order valence-electron chi connectivity index (χ2n) is 4.98. The zero-order valence-electron chi connectivity index (χ0n) is 11.6. The van der Waals surface area contributed by atoms with Crippen molar-refractivity contribution in [1.82, 2.24) is 9.88 Å². The number of aryl methyl sites for hydroxylation is 1. The monoisotopic (exact) mass is 285 g/mol. The van der Waals surface area contributed by atoms with Gasteiger partial charge in [0.05, 0.1) is 0 Å². The average molecular weight is 285 g/mol. The maximum absolute atomic E-state index is 11.6. The first-order chi connectivity index (χ1) is 8.78. The molecule has 0 saturated carbocycles. The van der Waals surface area contributed by atoms with E-state index in [0.717, 1.165) is 0 Å². The lowest BCUT2D eigenvalue weighted by molar-refractivity contribution is -0.117. The molecule has 0 aliphatic carbocycles. The summed E-state index contributed by atoms with van der Waals surface area (Å²) in [6.45, 7) is 5.56. The van der Waals surface area contributed by atoms with Gasteiger partial charge in [0.1, 0.15) is 5.60 Å². The van der Waals surface area contributed by atoms with E-state index in [1.54, 1.807) is 25.3 Å². The number of hydrogen-bond donors (Lipinski definition) is 1. The normalized spacial score (nSPS) is 12.3. The van der Waals surface area contributed by atoms with Crippen LogP contribution in [0.1, 0.15) is 27.2 Å². The second-order valence-corrected chi connectivity index (χ2v) is 5.85. The minimum Gasteiger partial charge on any atom is -0.444 e. The summed E-state index contributed by atoms with van der Waals surface area (Å²) in [6.07, 6.45) is 1.45. The number of rotatable bonds is 3. The highest BCUT2D eigenvalue weighted by molar-refractivity contribution is 7.07. The van der Waals surface area contributed by atoms with Crippen LogP contribution in [0.25, 0.3) is 0 Å². The van der Waals surface area contributed by atoms with Gasteiger partial charge in [0, 0.05) is 31.6 Å². The summed E-state index contributed by atoms with van der Waals surface area (Å²) in [5.41, 5.74) is -0.539. The van der Waals surface area contributed by atoms with Crippen LogP contribution in [0.15, 0.2) is 16.6 Å². The van der Waals surface area contributed by atoms with Gasteiger partial charge in [-0.3, -0.25) is 4.79 Å². The maximum atomic E-state index is 11.6. The molecule has 7 heteroatoms. The molecule has 0 radical (unpaired) electrons. The van der Waals surface area contributed by atoms with E-state index in [2.05, 4.69) is 10.3 Å². The van der Waals surface area contributed by atoms with Gasteiger partial charge in [-0.2, -0.15) is 4.99 Å². The molecule has 1 heterocycles. The minimum absolute atomic E-state index is 0.150. The molecule has 0 fully saturated rings. The summed E-state index contributed by atoms with van der Waals surface area (Å²) in [4.78, 5) is 27.5. The smallest absolute Gasteiger partial charge is 0.407 e. The van der Waals surface area contributed by atoms with E-state index in [4.69, 9.17) is 4.74 Å². The zero-order chi connectivity index (χ0) is 14.5. The number of hydrogen-bond acceptors (Lipinski definition) is 4. The molecule has 0 aromatic carbocycles. The second kappa shape index (κ2) is 6.51. The molecule has 1 aromatic rings. The maximum Gasteiger partial charge on any atom is 0.407 e. The van der Waals surface area contributed by atoms with Gasteiger partial charge in [0.15, 0.2) is 4.80 Å². The highest BCUT2D eigenvalue weighted by atomic mass is 32.1. The molecular formula is C12H19N3O3S. The lowest BCUT2D eigenvalue weighted by atomic mass is 10.2. The Balaban J connectivity index is 2.37. The van der Waals surface area contributed by atoms with Crippen LogP contribution in [0.5, 0.6) is 0 Å². The van der Waals surface area contributed by atoms with Crippen molar-refractivity contribution in [3.63, 3.8) is 0 Å². The van der Waals surface area contributed by atoms with Crippen LogP contribution in [0.2, 0.25) is 0 Å². The molecule has 1 rings (SSSR count). The van der Waals surface area contributed by atoms with Crippen molar-refractivity contribution in [1.29, 1.82) is 0 Å². The van der Waals surface area contributed by atoms with Gasteiger partial charge < -0.3 is 14.6 Å². The van der Waals surface area contributed by atoms with Crippen molar-refractivity contribution in [3.8, 4) is 0 Å². The number of thiazole rings is 1. The summed E-state index contributed by atoms with van der Waals surface area (Å²) in [6, 6.07) is 0. The van der Waals surface area contributed by atoms with Crippen molar-refractivity contribution in [2.75, 3.05) is 6.54 Å². The Labute approximate surface area is 116 Å². The van der Waals surface area contributed by atoms with Gasteiger partial charge in [-0.25, -0.2) is 4.79 Å². The lowest BCUT2D eigenvalue weighted by Gasteiger charge is -2.19. The van der Waals surface area contributed by atoms with Crippen LogP contribution in [-0.4, -0.2) is 28.7 Å². The Kier molecular flexibility index (Phi) is 5.29. The third-order valence-corrected chi connectivity index (χ3v) is 2.83. The van der Waals surface area contributed by atoms with E-state index in [1.807, 2.05) is 18.6 Å². The van der Waals surface area contributed by atoms with Crippen molar-refractivity contribution < 1.29 is 14.3 Å². The number of alkyl carbamates (subject to hydrolysis) is 1. The molecule has 0 unspecified atom stereocenters. The number of nitrogens with one attached hydrogen (secondary N) is 1. The number of aromatic nitrogens is 1. The first-order valence-electron chi connectivity index (χ1n) is 5.92. The third-order valence-electron chi connectivity index (χ3n) is 1.99. The fourth-order valence-corrected chi connectivity index (χ4v) is 1.93. The number of carbonyl (C=O) groups excluding carboxylic acids is 2. The van der Waals surface area contributed by atoms with Crippen LogP contribution in [0.4, 0.5) is 4.79 Å². The lowest BCUT2D eigenvalue weighted by Crippen LogP contribution is -2.33. The molecule has 1 aromatic heterocycles. The van der Waals surface area contributed by atoms with E-state index in [9.17, 15) is 9.59 Å². The van der Waals surface area contributed by atoms with Crippen LogP contribution in [-0.2, 0) is 16.6 Å². The van der Waals surface area contributed by atoms with Crippen LogP contribution < -0.4 is 10.1 Å². The molecule has 0 aliphatic heterocycles. The van der Waals surface area contributed by atoms with Crippen LogP contribution in [0.3, 0.4) is 0 Å². The van der Waals surface area contributed by atoms with Crippen molar-refractivity contribution in [2.45, 2.75) is 32.8 Å². The van der Waals surface area contributed by atoms with Crippen LogP contribution in [0, 0.1) is 0 Å². The zero-order valence-corrected chi connectivity index (χ0v) is 12.4. The number of amides is 2. The van der Waals surface area contributed by atoms with Gasteiger partial charge in [0.2, 0.25) is 5.91 Å². The number of ether oxygens (including phenoxy) is 1. The Morgan fingerprint density at radius 1 is 1.47 bits per heavy atom. The van der Waals surface area contributed by atoms with E-state index >= 15 is 0 Å². The molecular weight excluding hydrogens is 266 g/mol. The van der Waals surface area contributed by atoms with E-state index in [-0.39, 0.29) is 18.9 Å². The van der Waals surface area contributed by atoms with Gasteiger partial charge in [0.25, 0.3) is 0 Å². The Hall–Kier alpha value is -1.63. The molecule has 6 nitrogen and oxygen atoms in total. The average Bonchev–Trinajstić information content (AvgIpc) is 2.61. The Bertz CT molecular complexity index is 511. The highest BCUT2D eigenvalue weighted by Crippen LogP contribution is 2.06. The minimum atomic E-state index is -0.539. The van der Waals surface area contributed by atoms with Gasteiger partial charge in [-0.1, -0.05) is 0 Å². The van der Waals surface area contributed by atoms with E-state index < -0.39 is 11.7 Å². The largest absolute Gasteiger partial charge is 0.444 e. The molecule has 0 bridgehead atoms. The molecule has 0 saturated heterocycles. The van der Waals surface area contributed by atoms with Gasteiger partial charge in [-0.05, 0) is 20.8 Å². The Morgan fingerprint density at radius 2 is 2.16 bits per heavy atom. The summed E-state index contributed by atoms with van der Waals surface area (Å²) < 4.78 is 6.82. The predicted octanol–water partition coefficient (Wildman–Crippen LogP) is 1.43. The van der Waals surface area contributed by atoms with E-state index in [0.29, 0.717) is 4.80 Å². The summed E-state index contributed by atoms with van der Waals surface area (Å²) in [7, 11) is 1.82. The standard InChI is InChI=1S/C12H19N3O3S/c1-12(2,3)18-11(17)13-6-5-9(16)14-10-15(4)7-8-19-10/h7-8H,5-6H2,1-4H3,(H,13,17). The molecule has 19 heavy (non-hydrogen) atoms. The molecule has 0 spiro atoms. The predicted molar refractivity (Wildman–Crippen MR) is 72.7 cm³/mol. The summed E-state index contributed by atoms with van der Waals surface area (Å²) in [5.74, 6) is -0.269. The quantitative estimate of drug-likeness (QED) is 0.913. The summed E-state index contributed by atoms with van der Waals surface area (Å²) >= 11 is 1.39. The fourth-order valence-electron chi connectivity index (χ4n) is 1.18. The molecule has 0 aliphatic rings. The summed E-state index contributed by atoms with van der Waals surface area (Å²) in [5, 5.41) is 4.37. The number of nitrogens with zero attached hydrogens (tertiary/aromatic N) is 2. The molecule has 2 amide bonds. The van der Waals surface area contributed by atoms with Crippen LogP contribution >= 0.6 is 11.3 Å². The van der Waals surface area contributed by atoms with Gasteiger partial charge >= 0.3 is 6.09 Å². The molecule has 0 atom stereocenters. The molecule has 1 N–H and O–H groups in total. The highest BCUT2D eigenvalue weighted by Gasteiger charge is 2.15. The first kappa shape index (κ1) is 15.4. The fraction of sp³-hybridized carbons (Fsp3) is 0.583. The van der Waals surface area contributed by atoms with Crippen molar-refractivity contribution >= 4 is 23.3 Å². The van der Waals surface area contributed by atoms with Crippen molar-refractivity contribution in [2.24, 2.45) is 12.0 Å². The van der Waals surface area contributed by atoms with Gasteiger partial charge in [-0.15, -0.1) is 11.3 Å².